The average molecular weight is 430 g/mol. The first-order valence-corrected chi connectivity index (χ1v) is 10.7. The van der Waals surface area contributed by atoms with Gasteiger partial charge in [-0.3, -0.25) is 9.52 Å². The fourth-order valence-corrected chi connectivity index (χ4v) is 4.01. The second-order valence-electron chi connectivity index (χ2n) is 6.55. The lowest BCUT2D eigenvalue weighted by molar-refractivity contribution is 0.0753. The van der Waals surface area contributed by atoms with Gasteiger partial charge >= 0.3 is 0 Å². The third-order valence-electron chi connectivity index (χ3n) is 4.46. The van der Waals surface area contributed by atoms with E-state index in [0.717, 1.165) is 24.3 Å². The highest BCUT2D eigenvalue weighted by Crippen LogP contribution is 2.22. The van der Waals surface area contributed by atoms with Crippen LogP contribution in [-0.4, -0.2) is 25.8 Å². The second-order valence-corrected chi connectivity index (χ2v) is 8.24. The van der Waals surface area contributed by atoms with Crippen LogP contribution >= 0.6 is 0 Å². The van der Waals surface area contributed by atoms with E-state index >= 15 is 0 Å². The molecular formula is C22H20F2N2O3S. The van der Waals surface area contributed by atoms with Crippen LogP contribution in [0.4, 0.5) is 14.5 Å². The molecule has 3 aromatic carbocycles. The van der Waals surface area contributed by atoms with Crippen molar-refractivity contribution >= 4 is 21.6 Å². The lowest BCUT2D eigenvalue weighted by atomic mass is 10.1. The Morgan fingerprint density at radius 3 is 2.30 bits per heavy atom. The highest BCUT2D eigenvalue weighted by molar-refractivity contribution is 7.92. The van der Waals surface area contributed by atoms with E-state index in [1.807, 2.05) is 0 Å². The van der Waals surface area contributed by atoms with Crippen LogP contribution in [0, 0.1) is 11.6 Å². The molecule has 3 aromatic rings. The summed E-state index contributed by atoms with van der Waals surface area (Å²) in [5, 5.41) is 0. The van der Waals surface area contributed by atoms with Crippen molar-refractivity contribution in [3.05, 3.63) is 95.6 Å². The van der Waals surface area contributed by atoms with Gasteiger partial charge in [0.1, 0.15) is 11.6 Å². The number of para-hydroxylation sites is 1. The normalized spacial score (nSPS) is 11.2. The van der Waals surface area contributed by atoms with Gasteiger partial charge < -0.3 is 4.90 Å². The van der Waals surface area contributed by atoms with E-state index in [-0.39, 0.29) is 22.7 Å². The molecule has 156 valence electrons. The van der Waals surface area contributed by atoms with Crippen molar-refractivity contribution in [1.82, 2.24) is 4.90 Å². The molecule has 0 unspecified atom stereocenters. The van der Waals surface area contributed by atoms with Gasteiger partial charge in [-0.1, -0.05) is 24.3 Å². The highest BCUT2D eigenvalue weighted by Gasteiger charge is 2.22. The summed E-state index contributed by atoms with van der Waals surface area (Å²) < 4.78 is 54.3. The van der Waals surface area contributed by atoms with Crippen LogP contribution in [0.2, 0.25) is 0 Å². The van der Waals surface area contributed by atoms with Crippen molar-refractivity contribution in [2.75, 3.05) is 11.3 Å². The molecule has 0 aliphatic heterocycles. The average Bonchev–Trinajstić information content (AvgIpc) is 2.72. The Kier molecular flexibility index (Phi) is 6.47. The molecule has 30 heavy (non-hydrogen) atoms. The number of carbonyl (C=O) groups is 1. The third kappa shape index (κ3) is 5.01. The van der Waals surface area contributed by atoms with Gasteiger partial charge in [-0.15, -0.1) is 0 Å². The van der Waals surface area contributed by atoms with Crippen molar-refractivity contribution in [3.8, 4) is 0 Å². The first-order valence-electron chi connectivity index (χ1n) is 9.21. The second kappa shape index (κ2) is 9.04. The van der Waals surface area contributed by atoms with Crippen LogP contribution in [0.5, 0.6) is 0 Å². The van der Waals surface area contributed by atoms with Crippen molar-refractivity contribution in [2.24, 2.45) is 0 Å². The predicted octanol–water partition coefficient (Wildman–Crippen LogP) is 4.43. The molecule has 3 rings (SSSR count). The minimum atomic E-state index is -4.02. The fourth-order valence-electron chi connectivity index (χ4n) is 2.93. The Labute approximate surface area is 174 Å². The van der Waals surface area contributed by atoms with Gasteiger partial charge in [-0.25, -0.2) is 17.2 Å². The number of rotatable bonds is 7. The topological polar surface area (TPSA) is 66.5 Å². The molecule has 0 aliphatic rings. The largest absolute Gasteiger partial charge is 0.335 e. The van der Waals surface area contributed by atoms with E-state index in [1.54, 1.807) is 31.2 Å². The number of anilines is 1. The number of hydrogen-bond acceptors (Lipinski definition) is 3. The maximum absolute atomic E-state index is 13.5. The zero-order valence-electron chi connectivity index (χ0n) is 16.2. The van der Waals surface area contributed by atoms with Crippen LogP contribution < -0.4 is 4.72 Å². The summed E-state index contributed by atoms with van der Waals surface area (Å²) in [5.74, 6) is -1.36. The molecule has 0 atom stereocenters. The Balaban J connectivity index is 1.88. The summed E-state index contributed by atoms with van der Waals surface area (Å²) in [7, 11) is -4.02. The van der Waals surface area contributed by atoms with E-state index in [0.29, 0.717) is 12.1 Å². The number of carbonyl (C=O) groups excluding carboxylic acids is 1. The molecule has 0 saturated carbocycles. The van der Waals surface area contributed by atoms with Crippen LogP contribution in [-0.2, 0) is 16.6 Å². The summed E-state index contributed by atoms with van der Waals surface area (Å²) in [6.45, 7) is 2.29. The maximum Gasteiger partial charge on any atom is 0.261 e. The molecule has 5 nitrogen and oxygen atoms in total. The fraction of sp³-hybridized carbons (Fsp3) is 0.136. The Morgan fingerprint density at radius 2 is 1.63 bits per heavy atom. The zero-order valence-corrected chi connectivity index (χ0v) is 17.0. The lowest BCUT2D eigenvalue weighted by Crippen LogP contribution is -2.31. The van der Waals surface area contributed by atoms with E-state index in [1.165, 1.54) is 29.2 Å². The summed E-state index contributed by atoms with van der Waals surface area (Å²) in [6.07, 6.45) is 0. The SMILES string of the molecule is CCN(Cc1cccc(F)c1)C(=O)c1ccccc1NS(=O)(=O)c1ccc(F)cc1. The van der Waals surface area contributed by atoms with Gasteiger partial charge in [0.15, 0.2) is 0 Å². The minimum absolute atomic E-state index is 0.101. The number of amides is 1. The summed E-state index contributed by atoms with van der Waals surface area (Å²) in [6, 6.07) is 16.5. The van der Waals surface area contributed by atoms with Gasteiger partial charge in [0.2, 0.25) is 0 Å². The Bertz CT molecular complexity index is 1150. The van der Waals surface area contributed by atoms with E-state index in [4.69, 9.17) is 0 Å². The molecule has 0 heterocycles. The van der Waals surface area contributed by atoms with Gasteiger partial charge in [0, 0.05) is 13.1 Å². The predicted molar refractivity (Wildman–Crippen MR) is 110 cm³/mol. The molecule has 1 N–H and O–H groups in total. The van der Waals surface area contributed by atoms with E-state index in [9.17, 15) is 22.0 Å². The van der Waals surface area contributed by atoms with Crippen molar-refractivity contribution in [2.45, 2.75) is 18.4 Å². The first-order chi connectivity index (χ1) is 14.3. The first kappa shape index (κ1) is 21.4. The molecule has 0 aromatic heterocycles. The van der Waals surface area contributed by atoms with Crippen molar-refractivity contribution in [1.29, 1.82) is 0 Å². The summed E-state index contributed by atoms with van der Waals surface area (Å²) >= 11 is 0. The number of benzene rings is 3. The minimum Gasteiger partial charge on any atom is -0.335 e. The third-order valence-corrected chi connectivity index (χ3v) is 5.84. The standard InChI is InChI=1S/C22H20F2N2O3S/c1-2-26(15-16-6-5-7-18(24)14-16)22(27)20-8-3-4-9-21(20)25-30(28,29)19-12-10-17(23)11-13-19/h3-14,25H,2,15H2,1H3. The molecule has 0 aliphatic carbocycles. The van der Waals surface area contributed by atoms with E-state index in [2.05, 4.69) is 4.72 Å². The monoisotopic (exact) mass is 430 g/mol. The molecule has 0 bridgehead atoms. The number of nitrogens with one attached hydrogen (secondary N) is 1. The number of hydrogen-bond donors (Lipinski definition) is 1. The van der Waals surface area contributed by atoms with Crippen LogP contribution in [0.1, 0.15) is 22.8 Å². The van der Waals surface area contributed by atoms with Crippen LogP contribution in [0.25, 0.3) is 0 Å². The quantitative estimate of drug-likeness (QED) is 0.603. The van der Waals surface area contributed by atoms with Gasteiger partial charge in [0.25, 0.3) is 15.9 Å². The Hall–Kier alpha value is -3.26. The van der Waals surface area contributed by atoms with Crippen molar-refractivity contribution in [3.63, 3.8) is 0 Å². The molecule has 0 spiro atoms. The number of sulfonamides is 1. The van der Waals surface area contributed by atoms with Crippen molar-refractivity contribution < 1.29 is 22.0 Å². The summed E-state index contributed by atoms with van der Waals surface area (Å²) in [4.78, 5) is 14.5. The molecule has 1 amide bonds. The zero-order chi connectivity index (χ0) is 21.7. The molecule has 0 saturated heterocycles. The van der Waals surface area contributed by atoms with Crippen LogP contribution in [0.3, 0.4) is 0 Å². The Morgan fingerprint density at radius 1 is 0.933 bits per heavy atom. The molecular weight excluding hydrogens is 410 g/mol. The number of halogens is 2. The number of nitrogens with zero attached hydrogens (tertiary/aromatic N) is 1. The molecule has 0 radical (unpaired) electrons. The van der Waals surface area contributed by atoms with Crippen LogP contribution in [0.15, 0.2) is 77.7 Å². The molecule has 0 fully saturated rings. The highest BCUT2D eigenvalue weighted by atomic mass is 32.2. The van der Waals surface area contributed by atoms with Gasteiger partial charge in [-0.2, -0.15) is 0 Å². The summed E-state index contributed by atoms with van der Waals surface area (Å²) in [5.41, 5.74) is 0.875. The van der Waals surface area contributed by atoms with Gasteiger partial charge in [0.05, 0.1) is 16.1 Å². The van der Waals surface area contributed by atoms with E-state index < -0.39 is 27.6 Å². The smallest absolute Gasteiger partial charge is 0.261 e. The lowest BCUT2D eigenvalue weighted by Gasteiger charge is -2.23. The van der Waals surface area contributed by atoms with Gasteiger partial charge in [-0.05, 0) is 61.0 Å². The maximum atomic E-state index is 13.5. The molecule has 8 heteroatoms.